The maximum Gasteiger partial charge on any atom is 0.219 e. The number of amides is 1. The van der Waals surface area contributed by atoms with Gasteiger partial charge in [0, 0.05) is 26.1 Å². The van der Waals surface area contributed by atoms with E-state index < -0.39 is 0 Å². The average molecular weight is 312 g/mol. The van der Waals surface area contributed by atoms with E-state index in [0.29, 0.717) is 13.1 Å². The number of benzene rings is 1. The van der Waals surface area contributed by atoms with Crippen molar-refractivity contribution in [3.8, 4) is 0 Å². The SMILES string of the molecule is CC.CC.CCN(CC(Cc1ccc(F)cc1)NC)C(C)=O. The van der Waals surface area contributed by atoms with E-state index in [0.717, 1.165) is 12.0 Å². The summed E-state index contributed by atoms with van der Waals surface area (Å²) in [6.07, 6.45) is 0.778. The van der Waals surface area contributed by atoms with Gasteiger partial charge < -0.3 is 10.2 Å². The van der Waals surface area contributed by atoms with Crippen LogP contribution in [-0.2, 0) is 11.2 Å². The number of carbonyl (C=O) groups is 1. The van der Waals surface area contributed by atoms with Crippen LogP contribution in [0.25, 0.3) is 0 Å². The van der Waals surface area contributed by atoms with Gasteiger partial charge in [-0.25, -0.2) is 4.39 Å². The van der Waals surface area contributed by atoms with Crippen LogP contribution in [0.4, 0.5) is 4.39 Å². The van der Waals surface area contributed by atoms with E-state index in [1.54, 1.807) is 24.0 Å². The Kier molecular flexibility index (Phi) is 15.1. The van der Waals surface area contributed by atoms with E-state index in [-0.39, 0.29) is 17.8 Å². The minimum Gasteiger partial charge on any atom is -0.342 e. The predicted molar refractivity (Wildman–Crippen MR) is 93.6 cm³/mol. The first-order valence-corrected chi connectivity index (χ1v) is 8.24. The van der Waals surface area contributed by atoms with E-state index in [1.807, 2.05) is 41.7 Å². The first-order valence-electron chi connectivity index (χ1n) is 8.24. The molecule has 1 unspecified atom stereocenters. The second-order valence-electron chi connectivity index (χ2n) is 4.37. The molecule has 1 amide bonds. The Morgan fingerprint density at radius 3 is 2.05 bits per heavy atom. The molecular weight excluding hydrogens is 279 g/mol. The molecule has 1 rings (SSSR count). The van der Waals surface area contributed by atoms with Gasteiger partial charge in [-0.05, 0) is 38.1 Å². The summed E-state index contributed by atoms with van der Waals surface area (Å²) in [6.45, 7) is 12.9. The van der Waals surface area contributed by atoms with Crippen molar-refractivity contribution in [2.45, 2.75) is 54.0 Å². The predicted octanol–water partition coefficient (Wildman–Crippen LogP) is 3.88. The van der Waals surface area contributed by atoms with Crippen LogP contribution in [0.5, 0.6) is 0 Å². The lowest BCUT2D eigenvalue weighted by molar-refractivity contribution is -0.129. The molecular formula is C18H33FN2O. The molecule has 0 radical (unpaired) electrons. The van der Waals surface area contributed by atoms with E-state index in [9.17, 15) is 9.18 Å². The summed E-state index contributed by atoms with van der Waals surface area (Å²) in [5.74, 6) is -0.143. The molecule has 0 fully saturated rings. The molecule has 0 saturated carbocycles. The Bertz CT molecular complexity index is 379. The zero-order chi connectivity index (χ0) is 17.5. The maximum atomic E-state index is 12.8. The van der Waals surface area contributed by atoms with Crippen LogP contribution in [0.15, 0.2) is 24.3 Å². The first kappa shape index (κ1) is 22.9. The monoisotopic (exact) mass is 312 g/mol. The highest BCUT2D eigenvalue weighted by atomic mass is 19.1. The fourth-order valence-electron chi connectivity index (χ4n) is 1.91. The van der Waals surface area contributed by atoms with Gasteiger partial charge in [-0.15, -0.1) is 0 Å². The van der Waals surface area contributed by atoms with Gasteiger partial charge in [0.1, 0.15) is 5.82 Å². The Hall–Kier alpha value is -1.42. The quantitative estimate of drug-likeness (QED) is 0.864. The van der Waals surface area contributed by atoms with Crippen molar-refractivity contribution >= 4 is 5.91 Å². The van der Waals surface area contributed by atoms with Gasteiger partial charge in [-0.1, -0.05) is 39.8 Å². The number of nitrogens with zero attached hydrogens (tertiary/aromatic N) is 1. The lowest BCUT2D eigenvalue weighted by Gasteiger charge is -2.25. The van der Waals surface area contributed by atoms with Gasteiger partial charge in [0.05, 0.1) is 0 Å². The highest BCUT2D eigenvalue weighted by Crippen LogP contribution is 2.07. The Labute approximate surface area is 135 Å². The number of halogens is 1. The standard InChI is InChI=1S/C14H21FN2O.2C2H6/c1-4-17(11(2)18)10-14(16-3)9-12-5-7-13(15)8-6-12;2*1-2/h5-8,14,16H,4,9-10H2,1-3H3;2*1-2H3. The number of carbonyl (C=O) groups excluding carboxylic acids is 1. The van der Waals surface area contributed by atoms with Gasteiger partial charge in [-0.2, -0.15) is 0 Å². The topological polar surface area (TPSA) is 32.3 Å². The van der Waals surface area contributed by atoms with Crippen LogP contribution in [0.3, 0.4) is 0 Å². The Balaban J connectivity index is 0. The van der Waals surface area contributed by atoms with E-state index >= 15 is 0 Å². The largest absolute Gasteiger partial charge is 0.342 e. The van der Waals surface area contributed by atoms with E-state index in [1.165, 1.54) is 12.1 Å². The lowest BCUT2D eigenvalue weighted by atomic mass is 10.1. The van der Waals surface area contributed by atoms with Crippen LogP contribution < -0.4 is 5.32 Å². The van der Waals surface area contributed by atoms with Crippen molar-refractivity contribution in [2.24, 2.45) is 0 Å². The molecule has 0 spiro atoms. The first-order chi connectivity index (χ1) is 10.6. The molecule has 22 heavy (non-hydrogen) atoms. The zero-order valence-electron chi connectivity index (χ0n) is 15.2. The summed E-state index contributed by atoms with van der Waals surface area (Å²) < 4.78 is 12.8. The minimum absolute atomic E-state index is 0.0804. The third-order valence-corrected chi connectivity index (χ3v) is 3.07. The molecule has 1 aromatic carbocycles. The lowest BCUT2D eigenvalue weighted by Crippen LogP contribution is -2.42. The number of likely N-dealkylation sites (N-methyl/N-ethyl adjacent to an activating group) is 2. The number of hydrogen-bond acceptors (Lipinski definition) is 2. The van der Waals surface area contributed by atoms with E-state index in [2.05, 4.69) is 5.32 Å². The van der Waals surface area contributed by atoms with Crippen LogP contribution in [0.1, 0.15) is 47.1 Å². The minimum atomic E-state index is -0.223. The smallest absolute Gasteiger partial charge is 0.219 e. The zero-order valence-corrected chi connectivity index (χ0v) is 15.2. The Morgan fingerprint density at radius 1 is 1.18 bits per heavy atom. The van der Waals surface area contributed by atoms with Gasteiger partial charge in [0.15, 0.2) is 0 Å². The normalized spacial score (nSPS) is 10.5. The summed E-state index contributed by atoms with van der Waals surface area (Å²) >= 11 is 0. The highest BCUT2D eigenvalue weighted by molar-refractivity contribution is 5.73. The number of hydrogen-bond donors (Lipinski definition) is 1. The van der Waals surface area contributed by atoms with Crippen molar-refractivity contribution in [1.82, 2.24) is 10.2 Å². The summed E-state index contributed by atoms with van der Waals surface area (Å²) in [4.78, 5) is 13.2. The van der Waals surface area contributed by atoms with Crippen molar-refractivity contribution in [2.75, 3.05) is 20.1 Å². The van der Waals surface area contributed by atoms with Gasteiger partial charge in [0.2, 0.25) is 5.91 Å². The fraction of sp³-hybridized carbons (Fsp3) is 0.611. The maximum absolute atomic E-state index is 12.8. The van der Waals surface area contributed by atoms with Gasteiger partial charge >= 0.3 is 0 Å². The van der Waals surface area contributed by atoms with Crippen LogP contribution in [0, 0.1) is 5.82 Å². The summed E-state index contributed by atoms with van der Waals surface area (Å²) in [7, 11) is 1.88. The van der Waals surface area contributed by atoms with Crippen LogP contribution >= 0.6 is 0 Å². The molecule has 0 aliphatic carbocycles. The van der Waals surface area contributed by atoms with E-state index in [4.69, 9.17) is 0 Å². The molecule has 0 aliphatic heterocycles. The molecule has 4 heteroatoms. The molecule has 0 heterocycles. The van der Waals surface area contributed by atoms with Crippen molar-refractivity contribution < 1.29 is 9.18 Å². The summed E-state index contributed by atoms with van der Waals surface area (Å²) in [5, 5.41) is 3.20. The third kappa shape index (κ3) is 9.50. The van der Waals surface area contributed by atoms with Crippen molar-refractivity contribution in [3.05, 3.63) is 35.6 Å². The van der Waals surface area contributed by atoms with Gasteiger partial charge in [0.25, 0.3) is 0 Å². The molecule has 1 aromatic rings. The second kappa shape index (κ2) is 14.5. The summed E-state index contributed by atoms with van der Waals surface area (Å²) in [5.41, 5.74) is 1.07. The molecule has 128 valence electrons. The Morgan fingerprint density at radius 2 is 1.68 bits per heavy atom. The molecule has 3 nitrogen and oxygen atoms in total. The van der Waals surface area contributed by atoms with Crippen LogP contribution in [-0.4, -0.2) is 37.0 Å². The second-order valence-corrected chi connectivity index (χ2v) is 4.37. The van der Waals surface area contributed by atoms with Gasteiger partial charge in [-0.3, -0.25) is 4.79 Å². The highest BCUT2D eigenvalue weighted by Gasteiger charge is 2.14. The molecule has 1 atom stereocenters. The fourth-order valence-corrected chi connectivity index (χ4v) is 1.91. The van der Waals surface area contributed by atoms with Crippen LogP contribution in [0.2, 0.25) is 0 Å². The van der Waals surface area contributed by atoms with Crippen molar-refractivity contribution in [1.29, 1.82) is 0 Å². The third-order valence-electron chi connectivity index (χ3n) is 3.07. The molecule has 0 saturated heterocycles. The number of nitrogens with one attached hydrogen (secondary N) is 1. The molecule has 1 N–H and O–H groups in total. The average Bonchev–Trinajstić information content (AvgIpc) is 2.56. The summed E-state index contributed by atoms with van der Waals surface area (Å²) in [6, 6.07) is 6.67. The molecule has 0 bridgehead atoms. The van der Waals surface area contributed by atoms with Crippen molar-refractivity contribution in [3.63, 3.8) is 0 Å². The molecule has 0 aromatic heterocycles. The molecule has 0 aliphatic rings. The number of rotatable bonds is 6.